The quantitative estimate of drug-likeness (QED) is 0.702. The fraction of sp³-hybridized carbons (Fsp3) is 0.227. The second-order valence-electron chi connectivity index (χ2n) is 7.07. The van der Waals surface area contributed by atoms with Crippen molar-refractivity contribution in [1.29, 1.82) is 0 Å². The second-order valence-corrected chi connectivity index (χ2v) is 7.07. The van der Waals surface area contributed by atoms with Crippen LogP contribution < -0.4 is 5.73 Å². The van der Waals surface area contributed by atoms with Gasteiger partial charge in [0.15, 0.2) is 6.61 Å². The number of nitrogens with two attached hydrogens (primary N) is 1. The predicted molar refractivity (Wildman–Crippen MR) is 105 cm³/mol. The summed E-state index contributed by atoms with van der Waals surface area (Å²) in [6.07, 6.45) is 5.12. The van der Waals surface area contributed by atoms with Crippen molar-refractivity contribution in [3.05, 3.63) is 65.2 Å². The number of benzene rings is 1. The number of esters is 1. The lowest BCUT2D eigenvalue weighted by molar-refractivity contribution is -0.121. The van der Waals surface area contributed by atoms with Crippen molar-refractivity contribution in [1.82, 2.24) is 4.98 Å². The van der Waals surface area contributed by atoms with Crippen LogP contribution in [0.4, 0.5) is 0 Å². The minimum Gasteiger partial charge on any atom is -0.465 e. The minimum absolute atomic E-state index is 0.319. The number of carbonyl (C=O) groups excluding carboxylic acids is 2. The molecule has 1 aliphatic rings. The van der Waals surface area contributed by atoms with Crippen LogP contribution in [0.15, 0.2) is 47.1 Å². The van der Waals surface area contributed by atoms with E-state index >= 15 is 0 Å². The zero-order valence-corrected chi connectivity index (χ0v) is 15.5. The van der Waals surface area contributed by atoms with Gasteiger partial charge in [0.25, 0.3) is 5.91 Å². The van der Waals surface area contributed by atoms with Gasteiger partial charge in [0, 0.05) is 5.39 Å². The van der Waals surface area contributed by atoms with Crippen molar-refractivity contribution in [2.75, 3.05) is 6.61 Å². The van der Waals surface area contributed by atoms with Crippen LogP contribution in [0.1, 0.15) is 40.7 Å². The lowest BCUT2D eigenvalue weighted by Crippen LogP contribution is -2.23. The van der Waals surface area contributed by atoms with Gasteiger partial charge in [-0.1, -0.05) is 25.1 Å². The first-order valence-corrected chi connectivity index (χ1v) is 9.14. The van der Waals surface area contributed by atoms with Gasteiger partial charge in [-0.3, -0.25) is 4.79 Å². The Bertz CT molecular complexity index is 1080. The van der Waals surface area contributed by atoms with Gasteiger partial charge in [-0.15, -0.1) is 0 Å². The van der Waals surface area contributed by atoms with Crippen LogP contribution in [0.25, 0.3) is 22.6 Å². The van der Waals surface area contributed by atoms with Crippen molar-refractivity contribution < 1.29 is 18.7 Å². The fourth-order valence-corrected chi connectivity index (χ4v) is 3.72. The molecule has 28 heavy (non-hydrogen) atoms. The van der Waals surface area contributed by atoms with Crippen LogP contribution in [0.2, 0.25) is 0 Å². The number of amides is 1. The van der Waals surface area contributed by atoms with Crippen LogP contribution in [0.3, 0.4) is 0 Å². The van der Waals surface area contributed by atoms with E-state index in [0.29, 0.717) is 28.8 Å². The van der Waals surface area contributed by atoms with E-state index in [1.807, 2.05) is 42.5 Å². The Morgan fingerprint density at radius 2 is 2.07 bits per heavy atom. The van der Waals surface area contributed by atoms with Gasteiger partial charge in [-0.25, -0.2) is 9.78 Å². The van der Waals surface area contributed by atoms with Gasteiger partial charge in [0.05, 0.1) is 23.0 Å². The lowest BCUT2D eigenvalue weighted by atomic mass is 9.81. The number of hydrogen-bond donors (Lipinski definition) is 1. The van der Waals surface area contributed by atoms with Crippen LogP contribution in [-0.2, 0) is 16.0 Å². The normalized spacial score (nSPS) is 17.5. The van der Waals surface area contributed by atoms with E-state index < -0.39 is 18.5 Å². The van der Waals surface area contributed by atoms with E-state index in [-0.39, 0.29) is 0 Å². The average molecular weight is 376 g/mol. The Hall–Kier alpha value is -3.41. The molecule has 2 N–H and O–H groups in total. The molecule has 6 nitrogen and oxygen atoms in total. The molecule has 2 heterocycles. The van der Waals surface area contributed by atoms with Crippen LogP contribution >= 0.6 is 0 Å². The highest BCUT2D eigenvalue weighted by Gasteiger charge is 2.29. The molecule has 0 radical (unpaired) electrons. The second kappa shape index (κ2) is 7.31. The van der Waals surface area contributed by atoms with E-state index in [1.54, 1.807) is 6.26 Å². The molecule has 0 fully saturated rings. The third-order valence-electron chi connectivity index (χ3n) is 4.83. The molecule has 1 aliphatic carbocycles. The summed E-state index contributed by atoms with van der Waals surface area (Å²) < 4.78 is 10.6. The molecule has 0 unspecified atom stereocenters. The lowest BCUT2D eigenvalue weighted by Gasteiger charge is -2.26. The SMILES string of the molecule is C[C@@H]1C/C(=C/c2ccco2)c2nc3ccccc3c(C(=O)OCC(N)=O)c2C1. The maximum atomic E-state index is 12.9. The number of aromatic nitrogens is 1. The Kier molecular flexibility index (Phi) is 4.69. The molecule has 0 saturated heterocycles. The minimum atomic E-state index is -0.688. The molecule has 1 amide bonds. The van der Waals surface area contributed by atoms with Crippen molar-refractivity contribution in [3.63, 3.8) is 0 Å². The number of para-hydroxylation sites is 1. The predicted octanol–water partition coefficient (Wildman–Crippen LogP) is 3.59. The molecule has 6 heteroatoms. The van der Waals surface area contributed by atoms with E-state index in [9.17, 15) is 9.59 Å². The maximum Gasteiger partial charge on any atom is 0.339 e. The summed E-state index contributed by atoms with van der Waals surface area (Å²) in [6, 6.07) is 11.2. The highest BCUT2D eigenvalue weighted by molar-refractivity contribution is 6.07. The highest BCUT2D eigenvalue weighted by atomic mass is 16.5. The van der Waals surface area contributed by atoms with E-state index in [2.05, 4.69) is 6.92 Å². The number of pyridine rings is 1. The van der Waals surface area contributed by atoms with Crippen LogP contribution in [0.5, 0.6) is 0 Å². The van der Waals surface area contributed by atoms with Gasteiger partial charge in [0.2, 0.25) is 0 Å². The number of allylic oxidation sites excluding steroid dienone is 1. The summed E-state index contributed by atoms with van der Waals surface area (Å²) in [6.45, 7) is 1.68. The average Bonchev–Trinajstić information content (AvgIpc) is 3.17. The molecule has 0 spiro atoms. The van der Waals surface area contributed by atoms with Crippen molar-refractivity contribution in [2.24, 2.45) is 11.7 Å². The summed E-state index contributed by atoms with van der Waals surface area (Å²) >= 11 is 0. The third kappa shape index (κ3) is 3.41. The zero-order valence-electron chi connectivity index (χ0n) is 15.5. The fourth-order valence-electron chi connectivity index (χ4n) is 3.72. The maximum absolute atomic E-state index is 12.9. The van der Waals surface area contributed by atoms with Crippen LogP contribution in [-0.4, -0.2) is 23.5 Å². The van der Waals surface area contributed by atoms with Gasteiger partial charge in [-0.05, 0) is 54.2 Å². The monoisotopic (exact) mass is 376 g/mol. The van der Waals surface area contributed by atoms with Crippen molar-refractivity contribution >= 4 is 34.4 Å². The van der Waals surface area contributed by atoms with Crippen molar-refractivity contribution in [3.8, 4) is 0 Å². The molecule has 1 aromatic carbocycles. The molecule has 3 aromatic rings. The summed E-state index contributed by atoms with van der Waals surface area (Å²) in [4.78, 5) is 28.8. The number of primary amides is 1. The number of rotatable bonds is 4. The first-order chi connectivity index (χ1) is 13.5. The molecule has 2 aromatic heterocycles. The third-order valence-corrected chi connectivity index (χ3v) is 4.83. The van der Waals surface area contributed by atoms with Gasteiger partial charge in [0.1, 0.15) is 5.76 Å². The molecular formula is C22H20N2O4. The van der Waals surface area contributed by atoms with E-state index in [0.717, 1.165) is 29.0 Å². The van der Waals surface area contributed by atoms with Gasteiger partial charge < -0.3 is 14.9 Å². The first kappa shape index (κ1) is 18.0. The number of carbonyl (C=O) groups is 2. The molecule has 142 valence electrons. The van der Waals surface area contributed by atoms with Gasteiger partial charge in [-0.2, -0.15) is 0 Å². The molecular weight excluding hydrogens is 356 g/mol. The summed E-state index contributed by atoms with van der Waals surface area (Å²) in [5.41, 5.74) is 8.93. The number of nitrogens with zero attached hydrogens (tertiary/aromatic N) is 1. The Balaban J connectivity index is 1.92. The number of furan rings is 1. The summed E-state index contributed by atoms with van der Waals surface area (Å²) in [5.74, 6) is -0.185. The smallest absolute Gasteiger partial charge is 0.339 e. The Labute approximate surface area is 162 Å². The number of fused-ring (bicyclic) bond motifs is 2. The molecule has 0 saturated carbocycles. The van der Waals surface area contributed by atoms with Crippen molar-refractivity contribution in [2.45, 2.75) is 19.8 Å². The first-order valence-electron chi connectivity index (χ1n) is 9.14. The zero-order chi connectivity index (χ0) is 19.7. The van der Waals surface area contributed by atoms with Gasteiger partial charge >= 0.3 is 5.97 Å². The topological polar surface area (TPSA) is 95.4 Å². The molecule has 1 atom stereocenters. The molecule has 4 rings (SSSR count). The summed E-state index contributed by atoms with van der Waals surface area (Å²) in [5, 5.41) is 0.710. The Morgan fingerprint density at radius 3 is 2.82 bits per heavy atom. The molecule has 0 bridgehead atoms. The van der Waals surface area contributed by atoms with Crippen LogP contribution in [0, 0.1) is 5.92 Å². The van der Waals surface area contributed by atoms with E-state index in [1.165, 1.54) is 0 Å². The standard InChI is InChI=1S/C22H20N2O4/c1-13-9-14(11-15-5-4-8-27-15)21-17(10-13)20(22(26)28-12-19(23)25)16-6-2-3-7-18(16)24-21/h2-8,11,13H,9-10,12H2,1H3,(H2,23,25)/b14-11-/t13-/m1/s1. The number of ether oxygens (including phenoxy) is 1. The highest BCUT2D eigenvalue weighted by Crippen LogP contribution is 2.38. The van der Waals surface area contributed by atoms with E-state index in [4.69, 9.17) is 19.9 Å². The largest absolute Gasteiger partial charge is 0.465 e. The Morgan fingerprint density at radius 1 is 1.25 bits per heavy atom. The summed E-state index contributed by atoms with van der Waals surface area (Å²) in [7, 11) is 0. The number of hydrogen-bond acceptors (Lipinski definition) is 5. The molecule has 0 aliphatic heterocycles.